The van der Waals surface area contributed by atoms with E-state index in [0.29, 0.717) is 24.5 Å². The normalized spacial score (nSPS) is 20.2. The smallest absolute Gasteiger partial charge is 0.303 e. The highest BCUT2D eigenvalue weighted by Crippen LogP contribution is 2.46. The summed E-state index contributed by atoms with van der Waals surface area (Å²) in [6, 6.07) is 14.5. The third-order valence-electron chi connectivity index (χ3n) is 4.64. The Bertz CT molecular complexity index is 973. The first-order valence-electron chi connectivity index (χ1n) is 10.7. The SMILES string of the molecule is Cl.[2H]C([2H])([2H])C(=O)OC1C(=O)N(CCN(C)C)c2ccccc2SC1c1ccc(OC)cc1. The Morgan fingerprint density at radius 1 is 1.20 bits per heavy atom. The molecule has 0 bridgehead atoms. The first-order valence-corrected chi connectivity index (χ1v) is 10.1. The number of rotatable bonds is 6. The van der Waals surface area contributed by atoms with Crippen molar-refractivity contribution < 1.29 is 23.2 Å². The molecule has 2 atom stereocenters. The molecule has 0 fully saturated rings. The standard InChI is InChI=1S/C22H26N2O4S.ClH/c1-15(25)28-20-21(16-9-11-17(27-4)12-10-16)29-19-8-6-5-7-18(19)24(22(20)26)14-13-23(2)3;/h5-12,20-21H,13-14H2,1-4H3;1H/i1D3;. The van der Waals surface area contributed by atoms with Crippen LogP contribution in [-0.2, 0) is 14.3 Å². The maximum absolute atomic E-state index is 13.7. The summed E-state index contributed by atoms with van der Waals surface area (Å²) >= 11 is 1.37. The van der Waals surface area contributed by atoms with Gasteiger partial charge in [-0.15, -0.1) is 24.2 Å². The van der Waals surface area contributed by atoms with E-state index in [1.165, 1.54) is 11.8 Å². The van der Waals surface area contributed by atoms with Crippen molar-refractivity contribution in [2.75, 3.05) is 39.2 Å². The molecule has 2 unspecified atom stereocenters. The molecule has 0 N–H and O–H groups in total. The van der Waals surface area contributed by atoms with Gasteiger partial charge in [0.15, 0.2) is 6.10 Å². The predicted octanol–water partition coefficient (Wildman–Crippen LogP) is 3.79. The lowest BCUT2D eigenvalue weighted by Crippen LogP contribution is -2.45. The number of hydrogen-bond acceptors (Lipinski definition) is 6. The molecule has 0 aromatic heterocycles. The summed E-state index contributed by atoms with van der Waals surface area (Å²) in [6.45, 7) is -2.03. The van der Waals surface area contributed by atoms with E-state index < -0.39 is 30.1 Å². The van der Waals surface area contributed by atoms with E-state index in [0.717, 1.165) is 10.5 Å². The zero-order valence-electron chi connectivity index (χ0n) is 20.0. The van der Waals surface area contributed by atoms with Crippen LogP contribution in [0.25, 0.3) is 0 Å². The molecule has 0 saturated heterocycles. The van der Waals surface area contributed by atoms with Crippen molar-refractivity contribution in [1.82, 2.24) is 4.90 Å². The molecule has 1 heterocycles. The van der Waals surface area contributed by atoms with Gasteiger partial charge in [-0.25, -0.2) is 0 Å². The highest BCUT2D eigenvalue weighted by atomic mass is 35.5. The first kappa shape index (κ1) is 19.7. The van der Waals surface area contributed by atoms with Crippen molar-refractivity contribution >= 4 is 41.7 Å². The van der Waals surface area contributed by atoms with Gasteiger partial charge in [0.05, 0.1) is 18.0 Å². The van der Waals surface area contributed by atoms with E-state index in [-0.39, 0.29) is 12.4 Å². The summed E-state index contributed by atoms with van der Waals surface area (Å²) in [5.74, 6) is -1.21. The Labute approximate surface area is 192 Å². The maximum atomic E-state index is 13.7. The minimum Gasteiger partial charge on any atom is -0.497 e. The molecule has 162 valence electrons. The molecule has 8 heteroatoms. The van der Waals surface area contributed by atoms with Crippen molar-refractivity contribution in [2.45, 2.75) is 23.1 Å². The molecule has 3 rings (SSSR count). The number of ether oxygens (including phenoxy) is 2. The van der Waals surface area contributed by atoms with E-state index in [4.69, 9.17) is 13.6 Å². The fourth-order valence-electron chi connectivity index (χ4n) is 3.17. The molecule has 0 radical (unpaired) electrons. The molecular formula is C22H27ClN2O4S. The van der Waals surface area contributed by atoms with Crippen LogP contribution < -0.4 is 9.64 Å². The highest BCUT2D eigenvalue weighted by molar-refractivity contribution is 7.99. The number of nitrogens with zero attached hydrogens (tertiary/aromatic N) is 2. The second-order valence-electron chi connectivity index (χ2n) is 6.90. The zero-order valence-corrected chi connectivity index (χ0v) is 18.7. The van der Waals surface area contributed by atoms with E-state index in [1.54, 1.807) is 36.3 Å². The number of carbonyl (C=O) groups excluding carboxylic acids is 2. The van der Waals surface area contributed by atoms with Gasteiger partial charge in [0.2, 0.25) is 0 Å². The van der Waals surface area contributed by atoms with Gasteiger partial charge in [0, 0.05) is 28.9 Å². The van der Waals surface area contributed by atoms with Gasteiger partial charge in [-0.3, -0.25) is 9.59 Å². The van der Waals surface area contributed by atoms with Gasteiger partial charge in [-0.2, -0.15) is 0 Å². The molecule has 1 aliphatic heterocycles. The third-order valence-corrected chi connectivity index (χ3v) is 6.02. The average molecular weight is 454 g/mol. The van der Waals surface area contributed by atoms with Crippen molar-refractivity contribution in [3.63, 3.8) is 0 Å². The summed E-state index contributed by atoms with van der Waals surface area (Å²) in [5.41, 5.74) is 1.42. The number of benzene rings is 2. The number of thioether (sulfide) groups is 1. The van der Waals surface area contributed by atoms with Crippen molar-refractivity contribution in [1.29, 1.82) is 0 Å². The predicted molar refractivity (Wildman–Crippen MR) is 122 cm³/mol. The zero-order chi connectivity index (χ0) is 23.5. The molecule has 1 aliphatic rings. The fourth-order valence-corrected chi connectivity index (χ4v) is 4.49. The molecular weight excluding hydrogens is 424 g/mol. The number of esters is 1. The van der Waals surface area contributed by atoms with Gasteiger partial charge in [0.25, 0.3) is 5.91 Å². The van der Waals surface area contributed by atoms with E-state index in [2.05, 4.69) is 0 Å². The Kier molecular flexibility index (Phi) is 7.04. The van der Waals surface area contributed by atoms with Crippen LogP contribution in [0, 0.1) is 0 Å². The number of anilines is 1. The Morgan fingerprint density at radius 3 is 2.53 bits per heavy atom. The minimum absolute atomic E-state index is 0. The van der Waals surface area contributed by atoms with Crippen molar-refractivity contribution in [2.24, 2.45) is 0 Å². The van der Waals surface area contributed by atoms with Gasteiger partial charge < -0.3 is 19.3 Å². The van der Waals surface area contributed by atoms with Crippen LogP contribution in [0.15, 0.2) is 53.4 Å². The van der Waals surface area contributed by atoms with E-state index >= 15 is 0 Å². The monoisotopic (exact) mass is 453 g/mol. The van der Waals surface area contributed by atoms with Crippen LogP contribution in [0.5, 0.6) is 5.75 Å². The number of fused-ring (bicyclic) bond motifs is 1. The third kappa shape index (κ3) is 5.47. The number of para-hydroxylation sites is 1. The largest absolute Gasteiger partial charge is 0.497 e. The van der Waals surface area contributed by atoms with Crippen LogP contribution in [0.2, 0.25) is 0 Å². The number of halogens is 1. The lowest BCUT2D eigenvalue weighted by atomic mass is 10.1. The second kappa shape index (κ2) is 10.7. The molecule has 1 amide bonds. The number of likely N-dealkylation sites (N-methyl/N-ethyl adjacent to an activating group) is 1. The topological polar surface area (TPSA) is 59.1 Å². The average Bonchev–Trinajstić information content (AvgIpc) is 2.86. The van der Waals surface area contributed by atoms with E-state index in [1.807, 2.05) is 43.3 Å². The fraction of sp³-hybridized carbons (Fsp3) is 0.364. The maximum Gasteiger partial charge on any atom is 0.303 e. The summed E-state index contributed by atoms with van der Waals surface area (Å²) in [6.07, 6.45) is -1.31. The second-order valence-corrected chi connectivity index (χ2v) is 8.08. The number of methoxy groups -OCH3 is 1. The summed E-state index contributed by atoms with van der Waals surface area (Å²) < 4.78 is 32.9. The molecule has 0 spiro atoms. The molecule has 2 aromatic carbocycles. The lowest BCUT2D eigenvalue weighted by Gasteiger charge is -2.28. The summed E-state index contributed by atoms with van der Waals surface area (Å²) in [5, 5.41) is -0.634. The van der Waals surface area contributed by atoms with Gasteiger partial charge >= 0.3 is 5.97 Å². The Morgan fingerprint density at radius 2 is 1.90 bits per heavy atom. The van der Waals surface area contributed by atoms with Gasteiger partial charge in [-0.05, 0) is 43.9 Å². The van der Waals surface area contributed by atoms with Crippen LogP contribution in [0.3, 0.4) is 0 Å². The molecule has 0 aliphatic carbocycles. The number of amides is 1. The van der Waals surface area contributed by atoms with Gasteiger partial charge in [0.1, 0.15) is 5.75 Å². The molecule has 2 aromatic rings. The van der Waals surface area contributed by atoms with Crippen LogP contribution in [0.4, 0.5) is 5.69 Å². The summed E-state index contributed by atoms with van der Waals surface area (Å²) in [4.78, 5) is 30.4. The van der Waals surface area contributed by atoms with Crippen LogP contribution in [0.1, 0.15) is 21.8 Å². The van der Waals surface area contributed by atoms with Gasteiger partial charge in [-0.1, -0.05) is 24.3 Å². The Hall–Kier alpha value is -2.22. The highest BCUT2D eigenvalue weighted by Gasteiger charge is 2.40. The van der Waals surface area contributed by atoms with E-state index in [9.17, 15) is 9.59 Å². The molecule has 6 nitrogen and oxygen atoms in total. The van der Waals surface area contributed by atoms with Crippen LogP contribution >= 0.6 is 24.2 Å². The van der Waals surface area contributed by atoms with Crippen LogP contribution in [-0.4, -0.2) is 57.2 Å². The van der Waals surface area contributed by atoms with Crippen molar-refractivity contribution in [3.8, 4) is 5.75 Å². The molecule has 30 heavy (non-hydrogen) atoms. The first-order chi connectivity index (χ1) is 15.1. The lowest BCUT2D eigenvalue weighted by molar-refractivity contribution is -0.152. The Balaban J connectivity index is 0.00000385. The minimum atomic E-state index is -2.97. The molecule has 0 saturated carbocycles. The summed E-state index contributed by atoms with van der Waals surface area (Å²) in [7, 11) is 5.35. The number of hydrogen-bond donors (Lipinski definition) is 0. The van der Waals surface area contributed by atoms with Crippen molar-refractivity contribution in [3.05, 3.63) is 54.1 Å². The quantitative estimate of drug-likeness (QED) is 0.620. The number of carbonyl (C=O) groups is 2.